The number of rotatable bonds is 5. The van der Waals surface area contributed by atoms with Gasteiger partial charge in [-0.25, -0.2) is 15.0 Å². The zero-order valence-electron chi connectivity index (χ0n) is 22.2. The smallest absolute Gasteiger partial charge is 0.378 e. The fourth-order valence-electron chi connectivity index (χ4n) is 5.66. The highest BCUT2D eigenvalue weighted by Crippen LogP contribution is 2.42. The SMILES string of the molecule is C[C@H]1CC2(CCN(c3cnc(Sc4ccc5ncn(Cc6cccc(C(F)(F)F)c6)c(=O)c5c4Cl)cn3)CC2)CO1. The van der Waals surface area contributed by atoms with Crippen LogP contribution < -0.4 is 10.5 Å². The first-order valence-corrected chi connectivity index (χ1v) is 14.5. The van der Waals surface area contributed by atoms with Crippen molar-refractivity contribution in [2.45, 2.75) is 54.9 Å². The second-order valence-corrected chi connectivity index (χ2v) is 12.2. The first-order chi connectivity index (χ1) is 19.6. The van der Waals surface area contributed by atoms with E-state index in [0.717, 1.165) is 56.9 Å². The van der Waals surface area contributed by atoms with E-state index >= 15 is 0 Å². The van der Waals surface area contributed by atoms with E-state index < -0.39 is 17.3 Å². The maximum absolute atomic E-state index is 13.3. The molecule has 0 aliphatic carbocycles. The first kappa shape index (κ1) is 28.0. The van der Waals surface area contributed by atoms with Crippen LogP contribution in [0.15, 0.2) is 69.8 Å². The maximum atomic E-state index is 13.3. The van der Waals surface area contributed by atoms with Gasteiger partial charge in [0.1, 0.15) is 10.8 Å². The molecule has 0 N–H and O–H groups in total. The minimum absolute atomic E-state index is 0.0734. The van der Waals surface area contributed by atoms with Crippen LogP contribution in [0.2, 0.25) is 5.02 Å². The van der Waals surface area contributed by atoms with Gasteiger partial charge in [-0.2, -0.15) is 13.2 Å². The highest BCUT2D eigenvalue weighted by Gasteiger charge is 2.41. The molecular weight excluding hydrogens is 575 g/mol. The Morgan fingerprint density at radius 1 is 1.12 bits per heavy atom. The molecule has 7 nitrogen and oxygen atoms in total. The Hall–Kier alpha value is -3.15. The lowest BCUT2D eigenvalue weighted by molar-refractivity contribution is -0.137. The van der Waals surface area contributed by atoms with Crippen LogP contribution in [0.5, 0.6) is 0 Å². The van der Waals surface area contributed by atoms with E-state index in [1.165, 1.54) is 34.8 Å². The van der Waals surface area contributed by atoms with Gasteiger partial charge in [-0.3, -0.25) is 9.36 Å². The quantitative estimate of drug-likeness (QED) is 0.260. The number of alkyl halides is 3. The molecular formula is C29H27ClF3N5O2S. The Balaban J connectivity index is 1.19. The molecule has 0 unspecified atom stereocenters. The van der Waals surface area contributed by atoms with Gasteiger partial charge in [0, 0.05) is 18.0 Å². The minimum Gasteiger partial charge on any atom is -0.378 e. The maximum Gasteiger partial charge on any atom is 0.416 e. The highest BCUT2D eigenvalue weighted by molar-refractivity contribution is 7.99. The van der Waals surface area contributed by atoms with Crippen LogP contribution in [-0.4, -0.2) is 45.3 Å². The van der Waals surface area contributed by atoms with Gasteiger partial charge in [-0.1, -0.05) is 35.5 Å². The fourth-order valence-corrected chi connectivity index (χ4v) is 6.78. The zero-order valence-corrected chi connectivity index (χ0v) is 23.8. The van der Waals surface area contributed by atoms with Crippen molar-refractivity contribution in [2.75, 3.05) is 24.6 Å². The number of piperidine rings is 1. The number of hydrogen-bond donors (Lipinski definition) is 0. The van der Waals surface area contributed by atoms with Crippen LogP contribution in [-0.2, 0) is 17.5 Å². The van der Waals surface area contributed by atoms with Crippen LogP contribution in [0.4, 0.5) is 19.0 Å². The van der Waals surface area contributed by atoms with Gasteiger partial charge < -0.3 is 9.64 Å². The third-order valence-electron chi connectivity index (χ3n) is 7.87. The molecule has 2 aliphatic heterocycles. The van der Waals surface area contributed by atoms with Crippen molar-refractivity contribution < 1.29 is 17.9 Å². The van der Waals surface area contributed by atoms with Gasteiger partial charge in [0.2, 0.25) is 0 Å². The molecule has 4 aromatic rings. The first-order valence-electron chi connectivity index (χ1n) is 13.3. The lowest BCUT2D eigenvalue weighted by Gasteiger charge is -2.38. The number of nitrogens with zero attached hydrogens (tertiary/aromatic N) is 5. The number of anilines is 1. The molecule has 6 rings (SSSR count). The van der Waals surface area contributed by atoms with E-state index in [4.69, 9.17) is 16.3 Å². The van der Waals surface area contributed by atoms with Crippen LogP contribution in [0, 0.1) is 5.41 Å². The van der Waals surface area contributed by atoms with Gasteiger partial charge in [0.05, 0.1) is 59.5 Å². The molecule has 1 spiro atoms. The fraction of sp³-hybridized carbons (Fsp3) is 0.379. The highest BCUT2D eigenvalue weighted by atomic mass is 35.5. The molecule has 2 aliphatic rings. The van der Waals surface area contributed by atoms with E-state index in [1.54, 1.807) is 24.5 Å². The average molecular weight is 602 g/mol. The number of halogens is 4. The molecule has 0 bridgehead atoms. The van der Waals surface area contributed by atoms with Crippen molar-refractivity contribution in [1.29, 1.82) is 0 Å². The van der Waals surface area contributed by atoms with E-state index in [2.05, 4.69) is 26.8 Å². The van der Waals surface area contributed by atoms with E-state index in [1.807, 2.05) is 0 Å². The predicted molar refractivity (Wildman–Crippen MR) is 152 cm³/mol. The van der Waals surface area contributed by atoms with E-state index in [-0.39, 0.29) is 22.4 Å². The standard InChI is InChI=1S/C29H27ClF3N5O2S/c1-18-12-28(16-40-18)7-9-37(10-8-28)23-13-35-24(14-34-23)41-22-6-5-21-25(26(22)30)27(39)38(17-36-21)15-19-3-2-4-20(11-19)29(31,32)33/h2-6,11,13-14,17-18H,7-10,12,15-16H2,1H3/t18-/m0/s1. The second-order valence-electron chi connectivity index (χ2n) is 10.8. The normalized spacial score (nSPS) is 18.9. The molecule has 0 saturated carbocycles. The predicted octanol–water partition coefficient (Wildman–Crippen LogP) is 6.45. The number of fused-ring (bicyclic) bond motifs is 1. The summed E-state index contributed by atoms with van der Waals surface area (Å²) >= 11 is 7.97. The summed E-state index contributed by atoms with van der Waals surface area (Å²) in [7, 11) is 0. The summed E-state index contributed by atoms with van der Waals surface area (Å²) < 4.78 is 46.5. The van der Waals surface area contributed by atoms with Crippen molar-refractivity contribution >= 4 is 40.1 Å². The molecule has 4 heterocycles. The molecule has 41 heavy (non-hydrogen) atoms. The monoisotopic (exact) mass is 601 g/mol. The average Bonchev–Trinajstić information content (AvgIpc) is 3.31. The Labute approximate surface area is 243 Å². The molecule has 2 fully saturated rings. The third kappa shape index (κ3) is 5.80. The van der Waals surface area contributed by atoms with Gasteiger partial charge in [0.25, 0.3) is 5.56 Å². The lowest BCUT2D eigenvalue weighted by Crippen LogP contribution is -2.41. The van der Waals surface area contributed by atoms with Crippen molar-refractivity contribution in [3.63, 3.8) is 0 Å². The van der Waals surface area contributed by atoms with Crippen molar-refractivity contribution in [3.05, 3.63) is 81.6 Å². The molecule has 12 heteroatoms. The Morgan fingerprint density at radius 2 is 1.93 bits per heavy atom. The van der Waals surface area contributed by atoms with Gasteiger partial charge in [-0.05, 0) is 61.4 Å². The van der Waals surface area contributed by atoms with E-state index in [0.29, 0.717) is 27.1 Å². The van der Waals surface area contributed by atoms with Gasteiger partial charge >= 0.3 is 6.18 Å². The summed E-state index contributed by atoms with van der Waals surface area (Å²) in [5.41, 5.74) is -0.202. The largest absolute Gasteiger partial charge is 0.416 e. The molecule has 2 aromatic carbocycles. The van der Waals surface area contributed by atoms with Crippen LogP contribution in [0.3, 0.4) is 0 Å². The van der Waals surface area contributed by atoms with Crippen molar-refractivity contribution in [3.8, 4) is 0 Å². The van der Waals surface area contributed by atoms with Crippen molar-refractivity contribution in [1.82, 2.24) is 19.5 Å². The van der Waals surface area contributed by atoms with Crippen LogP contribution >= 0.6 is 23.4 Å². The van der Waals surface area contributed by atoms with Crippen molar-refractivity contribution in [2.24, 2.45) is 5.41 Å². The second kappa shape index (κ2) is 10.9. The van der Waals surface area contributed by atoms with Gasteiger partial charge in [0.15, 0.2) is 0 Å². The molecule has 1 atom stereocenters. The van der Waals surface area contributed by atoms with E-state index in [9.17, 15) is 18.0 Å². The summed E-state index contributed by atoms with van der Waals surface area (Å²) in [4.78, 5) is 29.7. The van der Waals surface area contributed by atoms with Gasteiger partial charge in [-0.15, -0.1) is 0 Å². The molecule has 2 saturated heterocycles. The van der Waals surface area contributed by atoms with Crippen LogP contribution in [0.25, 0.3) is 10.9 Å². The number of benzene rings is 2. The third-order valence-corrected chi connectivity index (χ3v) is 9.36. The molecule has 2 aromatic heterocycles. The number of hydrogen-bond acceptors (Lipinski definition) is 7. The lowest BCUT2D eigenvalue weighted by atomic mass is 9.77. The van der Waals surface area contributed by atoms with Crippen LogP contribution in [0.1, 0.15) is 37.3 Å². The number of aromatic nitrogens is 4. The summed E-state index contributed by atoms with van der Waals surface area (Å²) in [5, 5.41) is 1.03. The molecule has 0 amide bonds. The molecule has 214 valence electrons. The summed E-state index contributed by atoms with van der Waals surface area (Å²) in [6, 6.07) is 8.33. The number of ether oxygens (including phenoxy) is 1. The molecule has 0 radical (unpaired) electrons. The Bertz CT molecular complexity index is 1640. The zero-order chi connectivity index (χ0) is 28.8. The summed E-state index contributed by atoms with van der Waals surface area (Å²) in [6.45, 7) is 4.72. The Morgan fingerprint density at radius 3 is 2.61 bits per heavy atom. The minimum atomic E-state index is -4.47. The summed E-state index contributed by atoms with van der Waals surface area (Å²) in [6.07, 6.45) is 3.88. The Kier molecular flexibility index (Phi) is 7.46. The summed E-state index contributed by atoms with van der Waals surface area (Å²) in [5.74, 6) is 0.822. The topological polar surface area (TPSA) is 73.1 Å².